The Kier molecular flexibility index (Phi) is 8.67. The number of halogens is 1. The van der Waals surface area contributed by atoms with Crippen molar-refractivity contribution in [1.82, 2.24) is 20.9 Å². The van der Waals surface area contributed by atoms with Crippen molar-refractivity contribution in [3.63, 3.8) is 0 Å². The van der Waals surface area contributed by atoms with Crippen LogP contribution >= 0.6 is 0 Å². The van der Waals surface area contributed by atoms with E-state index in [1.807, 2.05) is 0 Å². The fourth-order valence-electron chi connectivity index (χ4n) is 5.19. The summed E-state index contributed by atoms with van der Waals surface area (Å²) < 4.78 is 46.2. The first-order chi connectivity index (χ1) is 18.5. The Labute approximate surface area is 227 Å². The van der Waals surface area contributed by atoms with Crippen molar-refractivity contribution in [3.8, 4) is 0 Å². The van der Waals surface area contributed by atoms with E-state index < -0.39 is 40.1 Å². The number of hydrogen-bond acceptors (Lipinski definition) is 6. The molecule has 210 valence electrons. The summed E-state index contributed by atoms with van der Waals surface area (Å²) >= 11 is 0. The lowest BCUT2D eigenvalue weighted by molar-refractivity contribution is -0.141. The normalized spacial score (nSPS) is 20.3. The number of likely N-dealkylation sites (tertiary alicyclic amines) is 1. The van der Waals surface area contributed by atoms with Crippen molar-refractivity contribution in [2.24, 2.45) is 0 Å². The smallest absolute Gasteiger partial charge is 0.294 e. The molecule has 39 heavy (non-hydrogen) atoms. The van der Waals surface area contributed by atoms with Gasteiger partial charge in [0.15, 0.2) is 0 Å². The molecule has 2 aromatic rings. The van der Waals surface area contributed by atoms with E-state index >= 15 is 0 Å². The van der Waals surface area contributed by atoms with Crippen molar-refractivity contribution < 1.29 is 31.7 Å². The zero-order valence-corrected chi connectivity index (χ0v) is 22.6. The summed E-state index contributed by atoms with van der Waals surface area (Å²) in [4.78, 5) is 41.0. The maximum absolute atomic E-state index is 14.2. The van der Waals surface area contributed by atoms with Crippen LogP contribution in [0.4, 0.5) is 4.39 Å². The fraction of sp³-hybridized carbons (Fsp3) is 0.444. The van der Waals surface area contributed by atoms with Crippen molar-refractivity contribution in [2.45, 2.75) is 68.1 Å². The number of fused-ring (bicyclic) bond motifs is 1. The largest absolute Gasteiger partial charge is 0.347 e. The Morgan fingerprint density at radius 1 is 1.13 bits per heavy atom. The first-order valence-electron chi connectivity index (χ1n) is 12.9. The average molecular weight is 561 g/mol. The maximum atomic E-state index is 14.2. The number of carbonyl (C=O) groups excluding carboxylic acids is 3. The van der Waals surface area contributed by atoms with E-state index in [-0.39, 0.29) is 29.1 Å². The fourth-order valence-corrected chi connectivity index (χ4v) is 5.67. The van der Waals surface area contributed by atoms with Crippen LogP contribution in [0.3, 0.4) is 0 Å². The molecule has 4 N–H and O–H groups in total. The third kappa shape index (κ3) is 6.45. The van der Waals surface area contributed by atoms with E-state index in [9.17, 15) is 31.7 Å². The first kappa shape index (κ1) is 28.7. The predicted octanol–water partition coefficient (Wildman–Crippen LogP) is 1.50. The lowest BCUT2D eigenvalue weighted by Gasteiger charge is -2.30. The Morgan fingerprint density at radius 3 is 2.51 bits per heavy atom. The highest BCUT2D eigenvalue weighted by molar-refractivity contribution is 7.85. The van der Waals surface area contributed by atoms with Crippen molar-refractivity contribution >= 4 is 27.8 Å². The van der Waals surface area contributed by atoms with Gasteiger partial charge in [0.1, 0.15) is 17.9 Å². The highest BCUT2D eigenvalue weighted by Crippen LogP contribution is 2.33. The van der Waals surface area contributed by atoms with Crippen molar-refractivity contribution in [3.05, 3.63) is 65.0 Å². The summed E-state index contributed by atoms with van der Waals surface area (Å²) in [6.07, 6.45) is 2.21. The zero-order valence-electron chi connectivity index (χ0n) is 21.8. The van der Waals surface area contributed by atoms with Gasteiger partial charge in [0, 0.05) is 13.0 Å². The quantitative estimate of drug-likeness (QED) is 0.340. The third-order valence-corrected chi connectivity index (χ3v) is 8.34. The van der Waals surface area contributed by atoms with Crippen molar-refractivity contribution in [2.75, 3.05) is 13.6 Å². The number of nitrogens with zero attached hydrogens (tertiary/aromatic N) is 1. The minimum absolute atomic E-state index is 0.0485. The van der Waals surface area contributed by atoms with Gasteiger partial charge in [-0.15, -0.1) is 0 Å². The van der Waals surface area contributed by atoms with E-state index in [1.54, 1.807) is 26.1 Å². The molecular formula is C27H33FN4O6S. The topological polar surface area (TPSA) is 145 Å². The van der Waals surface area contributed by atoms with E-state index in [4.69, 9.17) is 0 Å². The number of nitrogens with one attached hydrogen (secondary N) is 3. The number of likely N-dealkylation sites (N-methyl/N-ethyl adjacent to an activating group) is 1. The number of carbonyl (C=O) groups is 3. The molecule has 0 saturated carbocycles. The van der Waals surface area contributed by atoms with Crippen LogP contribution in [0.2, 0.25) is 0 Å². The molecule has 1 fully saturated rings. The molecule has 1 aliphatic carbocycles. The molecule has 1 unspecified atom stereocenters. The lowest BCUT2D eigenvalue weighted by Crippen LogP contribution is -2.56. The zero-order chi connectivity index (χ0) is 28.3. The van der Waals surface area contributed by atoms with Gasteiger partial charge in [-0.1, -0.05) is 24.3 Å². The van der Waals surface area contributed by atoms with Crippen LogP contribution in [0.25, 0.3) is 0 Å². The standard InChI is InChI=1S/C27H33FN4O6S/c1-16(29-2)25(33)31-23(15-17-8-10-18(11-9-17)39(36,37)38)27(35)32-14-4-7-24(32)26(34)30-22-13-12-19-20(22)5-3-6-21(19)28/h3,5-6,8-11,16,22-24,29H,4,7,12-15H2,1-2H3,(H,30,34)(H,31,33)(H,36,37,38)/t16-,22?,23-,24-/m0/s1. The molecule has 0 radical (unpaired) electrons. The van der Waals surface area contributed by atoms with Crippen LogP contribution in [0.5, 0.6) is 0 Å². The summed E-state index contributed by atoms with van der Waals surface area (Å²) in [7, 11) is -2.76. The van der Waals surface area contributed by atoms with E-state index in [1.165, 1.54) is 35.2 Å². The molecule has 4 atom stereocenters. The molecule has 2 aromatic carbocycles. The van der Waals surface area contributed by atoms with E-state index in [0.717, 1.165) is 5.56 Å². The van der Waals surface area contributed by atoms with Gasteiger partial charge >= 0.3 is 0 Å². The highest BCUT2D eigenvalue weighted by Gasteiger charge is 2.39. The number of amides is 3. The minimum atomic E-state index is -4.38. The van der Waals surface area contributed by atoms with Gasteiger partial charge in [-0.25, -0.2) is 4.39 Å². The van der Waals surface area contributed by atoms with Crippen LogP contribution in [0.1, 0.15) is 48.9 Å². The molecule has 4 rings (SSSR count). The molecule has 0 aromatic heterocycles. The maximum Gasteiger partial charge on any atom is 0.294 e. The van der Waals surface area contributed by atoms with Gasteiger partial charge in [0.2, 0.25) is 17.7 Å². The van der Waals surface area contributed by atoms with Gasteiger partial charge < -0.3 is 20.9 Å². The molecule has 2 aliphatic rings. The average Bonchev–Trinajstić information content (AvgIpc) is 3.55. The molecule has 1 saturated heterocycles. The monoisotopic (exact) mass is 560 g/mol. The number of benzene rings is 2. The van der Waals surface area contributed by atoms with Crippen LogP contribution in [-0.2, 0) is 37.3 Å². The van der Waals surface area contributed by atoms with Gasteiger partial charge in [-0.2, -0.15) is 8.42 Å². The molecule has 3 amide bonds. The lowest BCUT2D eigenvalue weighted by atomic mass is 10.0. The first-order valence-corrected chi connectivity index (χ1v) is 14.4. The molecule has 0 bridgehead atoms. The van der Waals surface area contributed by atoms with Gasteiger partial charge in [-0.3, -0.25) is 18.9 Å². The van der Waals surface area contributed by atoms with Crippen LogP contribution in [-0.4, -0.2) is 67.3 Å². The van der Waals surface area contributed by atoms with Crippen LogP contribution in [0.15, 0.2) is 47.4 Å². The predicted molar refractivity (Wildman–Crippen MR) is 141 cm³/mol. The Bertz CT molecular complexity index is 1350. The summed E-state index contributed by atoms with van der Waals surface area (Å²) in [6, 6.07) is 7.51. The van der Waals surface area contributed by atoms with Crippen LogP contribution in [0, 0.1) is 5.82 Å². The van der Waals surface area contributed by atoms with Gasteiger partial charge in [0.05, 0.1) is 17.0 Å². The molecule has 0 spiro atoms. The summed E-state index contributed by atoms with van der Waals surface area (Å²) in [5.74, 6) is -1.45. The Hall–Kier alpha value is -3.35. The molecular weight excluding hydrogens is 527 g/mol. The number of rotatable bonds is 9. The minimum Gasteiger partial charge on any atom is -0.347 e. The SMILES string of the molecule is CN[C@@H](C)C(=O)N[C@@H](Cc1ccc(S(=O)(=O)O)cc1)C(=O)N1CCC[C@H]1C(=O)NC1CCc2c(F)cccc21. The third-order valence-electron chi connectivity index (χ3n) is 7.47. The molecule has 12 heteroatoms. The molecule has 1 aliphatic heterocycles. The summed E-state index contributed by atoms with van der Waals surface area (Å²) in [5, 5.41) is 8.57. The second-order valence-electron chi connectivity index (χ2n) is 9.99. The van der Waals surface area contributed by atoms with Gasteiger partial charge in [-0.05, 0) is 74.5 Å². The van der Waals surface area contributed by atoms with Crippen LogP contribution < -0.4 is 16.0 Å². The van der Waals surface area contributed by atoms with Crippen molar-refractivity contribution in [1.29, 1.82) is 0 Å². The highest BCUT2D eigenvalue weighted by atomic mass is 32.2. The van der Waals surface area contributed by atoms with E-state index in [0.29, 0.717) is 43.4 Å². The molecule has 10 nitrogen and oxygen atoms in total. The summed E-state index contributed by atoms with van der Waals surface area (Å²) in [5.41, 5.74) is 1.91. The second kappa shape index (κ2) is 11.8. The second-order valence-corrected chi connectivity index (χ2v) is 11.4. The molecule has 1 heterocycles. The Balaban J connectivity index is 1.51. The van der Waals surface area contributed by atoms with E-state index in [2.05, 4.69) is 16.0 Å². The van der Waals surface area contributed by atoms with Gasteiger partial charge in [0.25, 0.3) is 10.1 Å². The Morgan fingerprint density at radius 2 is 1.85 bits per heavy atom. The summed E-state index contributed by atoms with van der Waals surface area (Å²) in [6.45, 7) is 1.98. The number of hydrogen-bond donors (Lipinski definition) is 4.